The molecule has 0 radical (unpaired) electrons. The van der Waals surface area contributed by atoms with Crippen molar-refractivity contribution in [2.45, 2.75) is 25.4 Å². The van der Waals surface area contributed by atoms with Crippen LogP contribution in [0.3, 0.4) is 0 Å². The molecule has 3 heteroatoms. The van der Waals surface area contributed by atoms with Gasteiger partial charge in [-0.3, -0.25) is 0 Å². The van der Waals surface area contributed by atoms with Gasteiger partial charge < -0.3 is 15.3 Å². The lowest BCUT2D eigenvalue weighted by Gasteiger charge is -2.11. The predicted molar refractivity (Wildman–Crippen MR) is 47.6 cm³/mol. The van der Waals surface area contributed by atoms with Crippen LogP contribution < -0.4 is 0 Å². The van der Waals surface area contributed by atoms with Crippen LogP contribution >= 0.6 is 0 Å². The Labute approximate surface area is 76.3 Å². The summed E-state index contributed by atoms with van der Waals surface area (Å²) in [5.74, 6) is 0.0357. The molecule has 1 aromatic carbocycles. The minimum absolute atomic E-state index is 0.0249. The van der Waals surface area contributed by atoms with E-state index < -0.39 is 5.60 Å². The molecule has 0 spiro atoms. The fourth-order valence-corrected chi connectivity index (χ4v) is 1.45. The molecule has 0 heterocycles. The van der Waals surface area contributed by atoms with E-state index in [0.29, 0.717) is 24.0 Å². The lowest BCUT2D eigenvalue weighted by molar-refractivity contribution is 0.147. The van der Waals surface area contributed by atoms with Crippen LogP contribution in [0.4, 0.5) is 0 Å². The Kier molecular flexibility index (Phi) is 1.54. The standard InChI is InChI=1S/C10H12O3/c1-6-4-7(10(13)2-3-10)9(12)5-8(6)11/h4-5,11-13H,2-3H2,1H3. The SMILES string of the molecule is Cc1cc(C2(O)CC2)c(O)cc1O. The van der Waals surface area contributed by atoms with E-state index in [1.54, 1.807) is 13.0 Å². The zero-order valence-electron chi connectivity index (χ0n) is 7.41. The quantitative estimate of drug-likeness (QED) is 0.612. The van der Waals surface area contributed by atoms with E-state index in [2.05, 4.69) is 0 Å². The van der Waals surface area contributed by atoms with Crippen molar-refractivity contribution in [3.63, 3.8) is 0 Å². The van der Waals surface area contributed by atoms with Gasteiger partial charge in [0.2, 0.25) is 0 Å². The van der Waals surface area contributed by atoms with Gasteiger partial charge in [0, 0.05) is 11.6 Å². The highest BCUT2D eigenvalue weighted by molar-refractivity contribution is 5.48. The summed E-state index contributed by atoms with van der Waals surface area (Å²) in [7, 11) is 0. The smallest absolute Gasteiger partial charge is 0.125 e. The molecule has 70 valence electrons. The molecular formula is C10H12O3. The van der Waals surface area contributed by atoms with E-state index in [9.17, 15) is 15.3 Å². The Balaban J connectivity index is 2.52. The van der Waals surface area contributed by atoms with Crippen molar-refractivity contribution in [1.29, 1.82) is 0 Å². The average molecular weight is 180 g/mol. The van der Waals surface area contributed by atoms with Gasteiger partial charge in [-0.05, 0) is 31.4 Å². The zero-order chi connectivity index (χ0) is 9.64. The molecule has 0 atom stereocenters. The summed E-state index contributed by atoms with van der Waals surface area (Å²) in [4.78, 5) is 0. The molecule has 1 aliphatic carbocycles. The van der Waals surface area contributed by atoms with Gasteiger partial charge in [0.15, 0.2) is 0 Å². The number of benzene rings is 1. The first-order valence-corrected chi connectivity index (χ1v) is 4.28. The molecule has 0 aromatic heterocycles. The number of phenols is 2. The van der Waals surface area contributed by atoms with Crippen LogP contribution in [0.5, 0.6) is 11.5 Å². The molecule has 13 heavy (non-hydrogen) atoms. The molecule has 3 nitrogen and oxygen atoms in total. The second kappa shape index (κ2) is 2.39. The van der Waals surface area contributed by atoms with Crippen LogP contribution in [-0.4, -0.2) is 15.3 Å². The van der Waals surface area contributed by atoms with E-state index in [-0.39, 0.29) is 11.5 Å². The van der Waals surface area contributed by atoms with Gasteiger partial charge in [-0.25, -0.2) is 0 Å². The van der Waals surface area contributed by atoms with Crippen LogP contribution in [0.25, 0.3) is 0 Å². The molecule has 0 saturated heterocycles. The third kappa shape index (κ3) is 1.25. The fraction of sp³-hybridized carbons (Fsp3) is 0.400. The minimum Gasteiger partial charge on any atom is -0.508 e. The summed E-state index contributed by atoms with van der Waals surface area (Å²) < 4.78 is 0. The van der Waals surface area contributed by atoms with E-state index in [1.165, 1.54) is 6.07 Å². The second-order valence-electron chi connectivity index (χ2n) is 3.69. The van der Waals surface area contributed by atoms with E-state index in [4.69, 9.17) is 0 Å². The number of hydrogen-bond acceptors (Lipinski definition) is 3. The highest BCUT2D eigenvalue weighted by Gasteiger charge is 2.44. The third-order valence-electron chi connectivity index (χ3n) is 2.54. The van der Waals surface area contributed by atoms with Crippen molar-refractivity contribution < 1.29 is 15.3 Å². The average Bonchev–Trinajstić information content (AvgIpc) is 2.77. The summed E-state index contributed by atoms with van der Waals surface area (Å²) in [6.07, 6.45) is 1.37. The summed E-state index contributed by atoms with van der Waals surface area (Å²) in [5, 5.41) is 28.5. The lowest BCUT2D eigenvalue weighted by Crippen LogP contribution is -2.04. The van der Waals surface area contributed by atoms with Crippen molar-refractivity contribution in [3.8, 4) is 11.5 Å². The van der Waals surface area contributed by atoms with Gasteiger partial charge in [-0.15, -0.1) is 0 Å². The molecule has 0 unspecified atom stereocenters. The number of aliphatic hydroxyl groups is 1. The van der Waals surface area contributed by atoms with Crippen LogP contribution in [0.15, 0.2) is 12.1 Å². The Morgan fingerprint density at radius 1 is 1.15 bits per heavy atom. The Bertz CT molecular complexity index is 353. The van der Waals surface area contributed by atoms with Gasteiger partial charge in [-0.1, -0.05) is 0 Å². The largest absolute Gasteiger partial charge is 0.508 e. The molecule has 0 amide bonds. The first-order valence-electron chi connectivity index (χ1n) is 4.28. The number of aryl methyl sites for hydroxylation is 1. The molecule has 0 aliphatic heterocycles. The van der Waals surface area contributed by atoms with Crippen LogP contribution in [0.1, 0.15) is 24.0 Å². The predicted octanol–water partition coefficient (Wildman–Crippen LogP) is 1.39. The van der Waals surface area contributed by atoms with E-state index in [1.807, 2.05) is 0 Å². The van der Waals surface area contributed by atoms with Gasteiger partial charge >= 0.3 is 0 Å². The fourth-order valence-electron chi connectivity index (χ4n) is 1.45. The Morgan fingerprint density at radius 3 is 2.31 bits per heavy atom. The van der Waals surface area contributed by atoms with Gasteiger partial charge in [0.1, 0.15) is 11.5 Å². The van der Waals surface area contributed by atoms with Crippen LogP contribution in [0.2, 0.25) is 0 Å². The van der Waals surface area contributed by atoms with Crippen molar-refractivity contribution in [3.05, 3.63) is 23.3 Å². The number of aromatic hydroxyl groups is 2. The maximum Gasteiger partial charge on any atom is 0.125 e. The lowest BCUT2D eigenvalue weighted by atomic mass is 10.0. The molecule has 0 bridgehead atoms. The van der Waals surface area contributed by atoms with Crippen molar-refractivity contribution in [2.75, 3.05) is 0 Å². The summed E-state index contributed by atoms with van der Waals surface area (Å²) in [6.45, 7) is 1.74. The number of phenolic OH excluding ortho intramolecular Hbond substituents is 2. The second-order valence-corrected chi connectivity index (χ2v) is 3.69. The number of rotatable bonds is 1. The first kappa shape index (κ1) is 8.38. The van der Waals surface area contributed by atoms with Gasteiger partial charge in [-0.2, -0.15) is 0 Å². The Hall–Kier alpha value is -1.22. The number of hydrogen-bond donors (Lipinski definition) is 3. The van der Waals surface area contributed by atoms with Gasteiger partial charge in [0.05, 0.1) is 5.60 Å². The van der Waals surface area contributed by atoms with Crippen LogP contribution in [0, 0.1) is 6.92 Å². The topological polar surface area (TPSA) is 60.7 Å². The molecule has 2 rings (SSSR count). The van der Waals surface area contributed by atoms with Gasteiger partial charge in [0.25, 0.3) is 0 Å². The minimum atomic E-state index is -0.845. The van der Waals surface area contributed by atoms with E-state index in [0.717, 1.165) is 0 Å². The highest BCUT2D eigenvalue weighted by Crippen LogP contribution is 2.49. The van der Waals surface area contributed by atoms with Crippen molar-refractivity contribution in [2.24, 2.45) is 0 Å². The zero-order valence-corrected chi connectivity index (χ0v) is 7.41. The van der Waals surface area contributed by atoms with Crippen molar-refractivity contribution >= 4 is 0 Å². The maximum atomic E-state index is 9.75. The third-order valence-corrected chi connectivity index (χ3v) is 2.54. The highest BCUT2D eigenvalue weighted by atomic mass is 16.3. The van der Waals surface area contributed by atoms with Crippen molar-refractivity contribution in [1.82, 2.24) is 0 Å². The monoisotopic (exact) mass is 180 g/mol. The summed E-state index contributed by atoms with van der Waals surface area (Å²) >= 11 is 0. The molecular weight excluding hydrogens is 168 g/mol. The first-order chi connectivity index (χ1) is 6.03. The molecule has 1 aromatic rings. The Morgan fingerprint density at radius 2 is 1.77 bits per heavy atom. The normalized spacial score (nSPS) is 18.6. The summed E-state index contributed by atoms with van der Waals surface area (Å²) in [6, 6.07) is 2.92. The summed E-state index contributed by atoms with van der Waals surface area (Å²) in [5.41, 5.74) is 0.360. The molecule has 3 N–H and O–H groups in total. The van der Waals surface area contributed by atoms with E-state index >= 15 is 0 Å². The molecule has 1 fully saturated rings. The maximum absolute atomic E-state index is 9.75. The molecule has 1 aliphatic rings. The molecule has 1 saturated carbocycles. The van der Waals surface area contributed by atoms with Crippen LogP contribution in [-0.2, 0) is 5.60 Å².